The lowest BCUT2D eigenvalue weighted by Gasteiger charge is -2.24. The highest BCUT2D eigenvalue weighted by Gasteiger charge is 2.21. The number of hydrogen-bond donors (Lipinski definition) is 2. The van der Waals surface area contributed by atoms with E-state index in [2.05, 4.69) is 15.6 Å². The van der Waals surface area contributed by atoms with Crippen LogP contribution in [0.25, 0.3) is 0 Å². The van der Waals surface area contributed by atoms with Crippen molar-refractivity contribution in [2.45, 2.75) is 38.2 Å². The van der Waals surface area contributed by atoms with Crippen molar-refractivity contribution in [1.82, 2.24) is 15.5 Å². The molecule has 2 N–H and O–H groups in total. The van der Waals surface area contributed by atoms with Gasteiger partial charge in [-0.05, 0) is 38.0 Å². The Kier molecular flexibility index (Phi) is 9.08. The molecule has 1 amide bonds. The van der Waals surface area contributed by atoms with Crippen LogP contribution in [0.1, 0.15) is 32.1 Å². The summed E-state index contributed by atoms with van der Waals surface area (Å²) in [7, 11) is 3.50. The molecule has 2 aliphatic rings. The Morgan fingerprint density at radius 2 is 1.91 bits per heavy atom. The number of nitrogens with zero attached hydrogens (tertiary/aromatic N) is 2. The Hall–Kier alpha value is -0.570. The van der Waals surface area contributed by atoms with Crippen LogP contribution in [-0.4, -0.2) is 63.2 Å². The lowest BCUT2D eigenvalue weighted by molar-refractivity contribution is -0.127. The number of ether oxygens (including phenoxy) is 1. The summed E-state index contributed by atoms with van der Waals surface area (Å²) in [6.45, 7) is 2.73. The highest BCUT2D eigenvalue weighted by atomic mass is 127. The Bertz CT molecular complexity index is 367. The third-order valence-electron chi connectivity index (χ3n) is 3.90. The van der Waals surface area contributed by atoms with Crippen LogP contribution in [0.5, 0.6) is 0 Å². The van der Waals surface area contributed by atoms with Crippen LogP contribution >= 0.6 is 24.0 Å². The zero-order valence-corrected chi connectivity index (χ0v) is 16.0. The quantitative estimate of drug-likeness (QED) is 0.382. The molecule has 2 rings (SSSR count). The standard InChI is InChI=1S/C15H28N4O2.HI/c1-19(2)14(20)11-18-15(16-9-12-6-7-12)17-10-13-5-3-4-8-21-13;/h12-13H,3-11H2,1-2H3,(H2,16,17,18);1H. The van der Waals surface area contributed by atoms with E-state index in [0.29, 0.717) is 0 Å². The fraction of sp³-hybridized carbons (Fsp3) is 0.867. The van der Waals surface area contributed by atoms with Gasteiger partial charge in [0.15, 0.2) is 5.96 Å². The SMILES string of the molecule is CN(C)C(=O)CN=C(NCC1CC1)NCC1CCCCO1.I. The molecule has 1 atom stereocenters. The molecule has 1 saturated heterocycles. The first kappa shape index (κ1) is 19.5. The number of carbonyl (C=O) groups is 1. The summed E-state index contributed by atoms with van der Waals surface area (Å²) in [6, 6.07) is 0. The first-order valence-electron chi connectivity index (χ1n) is 7.99. The van der Waals surface area contributed by atoms with Gasteiger partial charge < -0.3 is 20.3 Å². The van der Waals surface area contributed by atoms with Crippen LogP contribution in [0.3, 0.4) is 0 Å². The Labute approximate surface area is 150 Å². The summed E-state index contributed by atoms with van der Waals surface area (Å²) in [5, 5.41) is 6.64. The van der Waals surface area contributed by atoms with Crippen molar-refractivity contribution in [2.24, 2.45) is 10.9 Å². The first-order chi connectivity index (χ1) is 10.1. The minimum absolute atomic E-state index is 0. The van der Waals surface area contributed by atoms with Crippen molar-refractivity contribution >= 4 is 35.8 Å². The maximum Gasteiger partial charge on any atom is 0.243 e. The fourth-order valence-corrected chi connectivity index (χ4v) is 2.20. The Morgan fingerprint density at radius 1 is 1.18 bits per heavy atom. The number of amides is 1. The van der Waals surface area contributed by atoms with Gasteiger partial charge in [-0.15, -0.1) is 24.0 Å². The number of aliphatic imine (C=N–C) groups is 1. The smallest absolute Gasteiger partial charge is 0.243 e. The van der Waals surface area contributed by atoms with Crippen LogP contribution in [0, 0.1) is 5.92 Å². The molecule has 6 nitrogen and oxygen atoms in total. The lowest BCUT2D eigenvalue weighted by Crippen LogP contribution is -2.43. The molecular weight excluding hydrogens is 395 g/mol. The topological polar surface area (TPSA) is 66.0 Å². The van der Waals surface area contributed by atoms with Gasteiger partial charge in [0.05, 0.1) is 6.10 Å². The molecular formula is C15H29IN4O2. The molecule has 22 heavy (non-hydrogen) atoms. The van der Waals surface area contributed by atoms with E-state index in [1.807, 2.05) is 0 Å². The largest absolute Gasteiger partial charge is 0.376 e. The van der Waals surface area contributed by atoms with E-state index in [0.717, 1.165) is 44.4 Å². The second-order valence-corrected chi connectivity index (χ2v) is 6.15. The number of nitrogens with one attached hydrogen (secondary N) is 2. The normalized spacial score (nSPS) is 21.7. The molecule has 7 heteroatoms. The molecule has 0 bridgehead atoms. The summed E-state index contributed by atoms with van der Waals surface area (Å²) >= 11 is 0. The minimum Gasteiger partial charge on any atom is -0.376 e. The lowest BCUT2D eigenvalue weighted by atomic mass is 10.1. The van der Waals surface area contributed by atoms with E-state index >= 15 is 0 Å². The number of hydrogen-bond acceptors (Lipinski definition) is 3. The van der Waals surface area contributed by atoms with Gasteiger partial charge in [0.1, 0.15) is 6.54 Å². The molecule has 1 aliphatic heterocycles. The summed E-state index contributed by atoms with van der Waals surface area (Å²) < 4.78 is 5.71. The maximum atomic E-state index is 11.6. The Balaban J connectivity index is 0.00000242. The van der Waals surface area contributed by atoms with Gasteiger partial charge >= 0.3 is 0 Å². The molecule has 1 unspecified atom stereocenters. The van der Waals surface area contributed by atoms with Crippen molar-refractivity contribution in [3.05, 3.63) is 0 Å². The van der Waals surface area contributed by atoms with Crippen molar-refractivity contribution in [3.8, 4) is 0 Å². The highest BCUT2D eigenvalue weighted by molar-refractivity contribution is 14.0. The molecule has 2 fully saturated rings. The van der Waals surface area contributed by atoms with Gasteiger partial charge in [0.2, 0.25) is 5.91 Å². The van der Waals surface area contributed by atoms with Crippen LogP contribution in [0.15, 0.2) is 4.99 Å². The van der Waals surface area contributed by atoms with E-state index in [1.165, 1.54) is 19.3 Å². The summed E-state index contributed by atoms with van der Waals surface area (Å²) in [4.78, 5) is 17.6. The van der Waals surface area contributed by atoms with Gasteiger partial charge in [0, 0.05) is 33.8 Å². The van der Waals surface area contributed by atoms with Crippen molar-refractivity contribution in [1.29, 1.82) is 0 Å². The third kappa shape index (κ3) is 7.62. The van der Waals surface area contributed by atoms with E-state index < -0.39 is 0 Å². The van der Waals surface area contributed by atoms with Gasteiger partial charge in [-0.2, -0.15) is 0 Å². The average Bonchev–Trinajstić information content (AvgIpc) is 3.31. The number of rotatable bonds is 6. The van der Waals surface area contributed by atoms with Crippen LogP contribution in [0.4, 0.5) is 0 Å². The molecule has 0 aromatic heterocycles. The minimum atomic E-state index is 0. The number of likely N-dealkylation sites (N-methyl/N-ethyl adjacent to an activating group) is 1. The van der Waals surface area contributed by atoms with Crippen molar-refractivity contribution in [2.75, 3.05) is 40.3 Å². The average molecular weight is 424 g/mol. The van der Waals surface area contributed by atoms with Crippen LogP contribution in [-0.2, 0) is 9.53 Å². The predicted octanol–water partition coefficient (Wildman–Crippen LogP) is 1.21. The van der Waals surface area contributed by atoms with Crippen molar-refractivity contribution < 1.29 is 9.53 Å². The second-order valence-electron chi connectivity index (χ2n) is 6.15. The van der Waals surface area contributed by atoms with Crippen LogP contribution in [0.2, 0.25) is 0 Å². The molecule has 0 spiro atoms. The first-order valence-corrected chi connectivity index (χ1v) is 7.99. The molecule has 0 radical (unpaired) electrons. The molecule has 0 aromatic carbocycles. The van der Waals surface area contributed by atoms with Gasteiger partial charge in [0.25, 0.3) is 0 Å². The number of halogens is 1. The maximum absolute atomic E-state index is 11.6. The molecule has 1 heterocycles. The van der Waals surface area contributed by atoms with Gasteiger partial charge in [-0.25, -0.2) is 4.99 Å². The molecule has 128 valence electrons. The molecule has 1 aliphatic carbocycles. The van der Waals surface area contributed by atoms with E-state index in [1.54, 1.807) is 19.0 Å². The number of carbonyl (C=O) groups excluding carboxylic acids is 1. The Morgan fingerprint density at radius 3 is 2.50 bits per heavy atom. The van der Waals surface area contributed by atoms with Gasteiger partial charge in [-0.3, -0.25) is 4.79 Å². The second kappa shape index (κ2) is 10.3. The zero-order chi connectivity index (χ0) is 15.1. The highest BCUT2D eigenvalue weighted by Crippen LogP contribution is 2.27. The third-order valence-corrected chi connectivity index (χ3v) is 3.90. The molecule has 0 aromatic rings. The van der Waals surface area contributed by atoms with E-state index in [4.69, 9.17) is 4.74 Å². The zero-order valence-electron chi connectivity index (χ0n) is 13.6. The number of guanidine groups is 1. The summed E-state index contributed by atoms with van der Waals surface area (Å²) in [5.74, 6) is 1.51. The fourth-order valence-electron chi connectivity index (χ4n) is 2.20. The van der Waals surface area contributed by atoms with Crippen molar-refractivity contribution in [3.63, 3.8) is 0 Å². The van der Waals surface area contributed by atoms with E-state index in [-0.39, 0.29) is 42.5 Å². The monoisotopic (exact) mass is 424 g/mol. The summed E-state index contributed by atoms with van der Waals surface area (Å²) in [6.07, 6.45) is 6.34. The predicted molar refractivity (Wildman–Crippen MR) is 98.7 cm³/mol. The molecule has 1 saturated carbocycles. The van der Waals surface area contributed by atoms with E-state index in [9.17, 15) is 4.79 Å². The van der Waals surface area contributed by atoms with Gasteiger partial charge in [-0.1, -0.05) is 0 Å². The van der Waals surface area contributed by atoms with Crippen LogP contribution < -0.4 is 10.6 Å². The summed E-state index contributed by atoms with van der Waals surface area (Å²) in [5.41, 5.74) is 0.